The number of anilines is 1. The van der Waals surface area contributed by atoms with Gasteiger partial charge in [-0.15, -0.1) is 0 Å². The van der Waals surface area contributed by atoms with Crippen LogP contribution in [0.15, 0.2) is 34.7 Å². The van der Waals surface area contributed by atoms with Gasteiger partial charge in [0.15, 0.2) is 0 Å². The van der Waals surface area contributed by atoms with Crippen LogP contribution >= 0.6 is 23.2 Å². The number of hydrogen-bond acceptors (Lipinski definition) is 5. The summed E-state index contributed by atoms with van der Waals surface area (Å²) in [6.07, 6.45) is 2.42. The highest BCUT2D eigenvalue weighted by molar-refractivity contribution is 6.42. The molecule has 2 saturated heterocycles. The van der Waals surface area contributed by atoms with E-state index in [-0.39, 0.29) is 12.6 Å². The fraction of sp³-hybridized carbons (Fsp3) is 0.522. The number of carbonyl (C=O) groups is 1. The molecule has 0 bridgehead atoms. The summed E-state index contributed by atoms with van der Waals surface area (Å²) in [5.74, 6) is 2.15. The minimum Gasteiger partial charge on any atom is -0.462 e. The predicted molar refractivity (Wildman–Crippen MR) is 126 cm³/mol. The van der Waals surface area contributed by atoms with Gasteiger partial charge in [-0.3, -0.25) is 9.80 Å². The smallest absolute Gasteiger partial charge is 0.321 e. The van der Waals surface area contributed by atoms with Crippen molar-refractivity contribution in [2.24, 2.45) is 5.92 Å². The second-order valence-corrected chi connectivity index (χ2v) is 9.43. The number of nitrogens with zero attached hydrogens (tertiary/aromatic N) is 3. The van der Waals surface area contributed by atoms with E-state index in [0.29, 0.717) is 40.5 Å². The van der Waals surface area contributed by atoms with Crippen LogP contribution < -0.4 is 5.32 Å². The molecule has 2 fully saturated rings. The number of carbonyl (C=O) groups excluding carboxylic acids is 1. The van der Waals surface area contributed by atoms with Crippen LogP contribution in [-0.4, -0.2) is 71.7 Å². The Labute approximate surface area is 198 Å². The van der Waals surface area contributed by atoms with E-state index in [1.165, 1.54) is 12.8 Å². The first-order valence-electron chi connectivity index (χ1n) is 11.1. The molecule has 0 aliphatic carbocycles. The van der Waals surface area contributed by atoms with Gasteiger partial charge in [0.2, 0.25) is 0 Å². The third-order valence-electron chi connectivity index (χ3n) is 6.20. The maximum atomic E-state index is 12.6. The zero-order valence-electron chi connectivity index (χ0n) is 18.1. The van der Waals surface area contributed by atoms with Gasteiger partial charge in [0.05, 0.1) is 16.6 Å². The summed E-state index contributed by atoms with van der Waals surface area (Å²) in [6, 6.07) is 8.80. The third kappa shape index (κ3) is 6.17. The molecule has 2 aliphatic rings. The summed E-state index contributed by atoms with van der Waals surface area (Å²) < 4.78 is 5.65. The summed E-state index contributed by atoms with van der Waals surface area (Å²) in [4.78, 5) is 19.3. The number of benzene rings is 1. The predicted octanol–water partition coefficient (Wildman–Crippen LogP) is 4.14. The van der Waals surface area contributed by atoms with Crippen molar-refractivity contribution < 1.29 is 14.3 Å². The van der Waals surface area contributed by atoms with Crippen LogP contribution in [0.25, 0.3) is 0 Å². The fourth-order valence-corrected chi connectivity index (χ4v) is 4.83. The van der Waals surface area contributed by atoms with E-state index in [4.69, 9.17) is 27.6 Å². The molecule has 3 heterocycles. The van der Waals surface area contributed by atoms with Crippen molar-refractivity contribution >= 4 is 34.9 Å². The van der Waals surface area contributed by atoms with E-state index in [2.05, 4.69) is 15.1 Å². The quantitative estimate of drug-likeness (QED) is 0.649. The lowest BCUT2D eigenvalue weighted by molar-refractivity contribution is 0.0950. The normalized spacial score (nSPS) is 20.5. The number of halogens is 2. The molecule has 0 unspecified atom stereocenters. The number of aliphatic hydroxyl groups is 1. The maximum absolute atomic E-state index is 12.6. The molecule has 9 heteroatoms. The van der Waals surface area contributed by atoms with Crippen molar-refractivity contribution in [1.82, 2.24) is 14.7 Å². The molecule has 2 aromatic rings. The number of piperazine rings is 1. The van der Waals surface area contributed by atoms with Gasteiger partial charge in [0.1, 0.15) is 18.1 Å². The van der Waals surface area contributed by atoms with E-state index in [1.807, 2.05) is 17.0 Å². The van der Waals surface area contributed by atoms with E-state index in [9.17, 15) is 9.90 Å². The Kier molecular flexibility index (Phi) is 7.97. The van der Waals surface area contributed by atoms with Crippen molar-refractivity contribution in [2.45, 2.75) is 26.0 Å². The summed E-state index contributed by atoms with van der Waals surface area (Å²) in [6.45, 7) is 7.09. The number of amides is 2. The van der Waals surface area contributed by atoms with Gasteiger partial charge in [0.25, 0.3) is 0 Å². The molecule has 1 aromatic carbocycles. The highest BCUT2D eigenvalue weighted by atomic mass is 35.5. The second kappa shape index (κ2) is 10.9. The van der Waals surface area contributed by atoms with Crippen LogP contribution in [0.4, 0.5) is 10.5 Å². The first-order chi connectivity index (χ1) is 15.5. The number of furan rings is 1. The van der Waals surface area contributed by atoms with E-state index < -0.39 is 0 Å². The van der Waals surface area contributed by atoms with Gasteiger partial charge in [-0.1, -0.05) is 23.2 Å². The lowest BCUT2D eigenvalue weighted by Crippen LogP contribution is -2.52. The molecule has 1 aromatic heterocycles. The van der Waals surface area contributed by atoms with Gasteiger partial charge in [-0.25, -0.2) is 4.79 Å². The minimum atomic E-state index is -0.104. The molecule has 0 spiro atoms. The van der Waals surface area contributed by atoms with Crippen molar-refractivity contribution in [3.63, 3.8) is 0 Å². The molecule has 7 nitrogen and oxygen atoms in total. The molecule has 32 heavy (non-hydrogen) atoms. The molecule has 2 amide bonds. The summed E-state index contributed by atoms with van der Waals surface area (Å²) >= 11 is 12.0. The van der Waals surface area contributed by atoms with Gasteiger partial charge >= 0.3 is 6.03 Å². The molecular weight excluding hydrogens is 451 g/mol. The first kappa shape index (κ1) is 23.4. The van der Waals surface area contributed by atoms with Crippen LogP contribution in [0, 0.1) is 5.92 Å². The molecular formula is C23H30Cl2N4O3. The highest BCUT2D eigenvalue weighted by Gasteiger charge is 2.26. The minimum absolute atomic E-state index is 0.0555. The van der Waals surface area contributed by atoms with Gasteiger partial charge < -0.3 is 19.7 Å². The molecule has 0 saturated carbocycles. The largest absolute Gasteiger partial charge is 0.462 e. The van der Waals surface area contributed by atoms with Crippen LogP contribution in [0.3, 0.4) is 0 Å². The average Bonchev–Trinajstić information content (AvgIpc) is 3.24. The van der Waals surface area contributed by atoms with Crippen LogP contribution in [-0.2, 0) is 13.2 Å². The van der Waals surface area contributed by atoms with Crippen LogP contribution in [0.2, 0.25) is 10.0 Å². The standard InChI is InChI=1S/C23H30Cl2N4O3/c24-21-6-3-18(12-22(21)25)26-23(31)29-10-8-27(9-11-29)13-17-2-1-7-28(14-17)15-19-4-5-20(16-30)32-19/h3-6,12,17,30H,1-2,7-11,13-16H2,(H,26,31)/t17-/m0/s1. The Bertz CT molecular complexity index is 914. The lowest BCUT2D eigenvalue weighted by atomic mass is 9.97. The number of urea groups is 1. The molecule has 2 aliphatic heterocycles. The van der Waals surface area contributed by atoms with Crippen molar-refractivity contribution in [2.75, 3.05) is 51.1 Å². The van der Waals surface area contributed by atoms with E-state index in [1.54, 1.807) is 18.2 Å². The second-order valence-electron chi connectivity index (χ2n) is 8.62. The molecule has 174 valence electrons. The maximum Gasteiger partial charge on any atom is 0.321 e. The van der Waals surface area contributed by atoms with E-state index in [0.717, 1.165) is 45.0 Å². The molecule has 4 rings (SSSR count). The van der Waals surface area contributed by atoms with Gasteiger partial charge in [0, 0.05) is 45.0 Å². The zero-order chi connectivity index (χ0) is 22.5. The van der Waals surface area contributed by atoms with Gasteiger partial charge in [-0.05, 0) is 55.6 Å². The lowest BCUT2D eigenvalue weighted by Gasteiger charge is -2.39. The Morgan fingerprint density at radius 2 is 1.81 bits per heavy atom. The summed E-state index contributed by atoms with van der Waals surface area (Å²) in [5, 5.41) is 13.0. The number of hydrogen-bond donors (Lipinski definition) is 2. The summed E-state index contributed by atoms with van der Waals surface area (Å²) in [5.41, 5.74) is 0.650. The average molecular weight is 481 g/mol. The van der Waals surface area contributed by atoms with Crippen LogP contribution in [0.1, 0.15) is 24.4 Å². The Morgan fingerprint density at radius 1 is 1.03 bits per heavy atom. The number of nitrogens with one attached hydrogen (secondary N) is 1. The van der Waals surface area contributed by atoms with E-state index >= 15 is 0 Å². The van der Waals surface area contributed by atoms with Crippen molar-refractivity contribution in [1.29, 1.82) is 0 Å². The fourth-order valence-electron chi connectivity index (χ4n) is 4.53. The molecule has 2 N–H and O–H groups in total. The Morgan fingerprint density at radius 3 is 2.53 bits per heavy atom. The number of likely N-dealkylation sites (tertiary alicyclic amines) is 1. The first-order valence-corrected chi connectivity index (χ1v) is 11.9. The monoisotopic (exact) mass is 480 g/mol. The van der Waals surface area contributed by atoms with Crippen molar-refractivity contribution in [3.8, 4) is 0 Å². The molecule has 1 atom stereocenters. The van der Waals surface area contributed by atoms with Crippen LogP contribution in [0.5, 0.6) is 0 Å². The number of piperidine rings is 1. The SMILES string of the molecule is O=C(Nc1ccc(Cl)c(Cl)c1)N1CCN(C[C@@H]2CCCN(Cc3ccc(CO)o3)C2)CC1. The summed E-state index contributed by atoms with van der Waals surface area (Å²) in [7, 11) is 0. The highest BCUT2D eigenvalue weighted by Crippen LogP contribution is 2.25. The van der Waals surface area contributed by atoms with Gasteiger partial charge in [-0.2, -0.15) is 0 Å². The topological polar surface area (TPSA) is 72.2 Å². The Hall–Kier alpha value is -1.77. The molecule has 0 radical (unpaired) electrons. The zero-order valence-corrected chi connectivity index (χ0v) is 19.6. The van der Waals surface area contributed by atoms with Crippen molar-refractivity contribution in [3.05, 3.63) is 51.9 Å². The number of aliphatic hydroxyl groups excluding tert-OH is 1. The third-order valence-corrected chi connectivity index (χ3v) is 6.94. The Balaban J connectivity index is 1.21. The number of rotatable bonds is 6.